The van der Waals surface area contributed by atoms with Crippen molar-refractivity contribution in [2.75, 3.05) is 13.2 Å². The Morgan fingerprint density at radius 1 is 1.00 bits per heavy atom. The summed E-state index contributed by atoms with van der Waals surface area (Å²) >= 11 is 0. The number of rotatable bonds is 5. The summed E-state index contributed by atoms with van der Waals surface area (Å²) in [6.07, 6.45) is 3.72. The number of benzene rings is 3. The predicted octanol–water partition coefficient (Wildman–Crippen LogP) is 6.20. The summed E-state index contributed by atoms with van der Waals surface area (Å²) in [5, 5.41) is 6.58. The van der Waals surface area contributed by atoms with Gasteiger partial charge in [-0.3, -0.25) is 9.48 Å². The predicted molar refractivity (Wildman–Crippen MR) is 135 cm³/mol. The van der Waals surface area contributed by atoms with E-state index in [4.69, 9.17) is 4.74 Å². The molecule has 5 aromatic rings. The lowest BCUT2D eigenvalue weighted by Crippen LogP contribution is -2.17. The second kappa shape index (κ2) is 8.78. The third-order valence-corrected chi connectivity index (χ3v) is 7.02. The van der Waals surface area contributed by atoms with E-state index in [1.807, 2.05) is 49.5 Å². The Labute approximate surface area is 202 Å². The number of ether oxygens (including phenoxy) is 1. The summed E-state index contributed by atoms with van der Waals surface area (Å²) in [4.78, 5) is 12.8. The smallest absolute Gasteiger partial charge is 0.184 e. The number of hydrogen-bond acceptors (Lipinski definition) is 3. The third-order valence-electron chi connectivity index (χ3n) is 7.02. The number of carbonyl (C=O) groups is 1. The Hall–Kier alpha value is -3.77. The van der Waals surface area contributed by atoms with Gasteiger partial charge in [0.1, 0.15) is 12.4 Å². The van der Waals surface area contributed by atoms with Crippen LogP contribution in [0.15, 0.2) is 72.9 Å². The van der Waals surface area contributed by atoms with E-state index in [0.29, 0.717) is 11.5 Å². The van der Waals surface area contributed by atoms with Gasteiger partial charge in [-0.25, -0.2) is 4.39 Å². The third kappa shape index (κ3) is 3.94. The number of Topliss-reactive ketones (excluding diaryl/α,β-unsaturated/α-hetero) is 1. The first-order valence-electron chi connectivity index (χ1n) is 12.0. The Morgan fingerprint density at radius 2 is 1.77 bits per heavy atom. The van der Waals surface area contributed by atoms with Gasteiger partial charge >= 0.3 is 0 Å². The van der Waals surface area contributed by atoms with Crippen molar-refractivity contribution in [1.29, 1.82) is 0 Å². The lowest BCUT2D eigenvalue weighted by molar-refractivity contribution is 0.0842. The minimum absolute atomic E-state index is 0.0260. The van der Waals surface area contributed by atoms with E-state index < -0.39 is 0 Å². The summed E-state index contributed by atoms with van der Waals surface area (Å²) in [5.74, 6) is 0.153. The van der Waals surface area contributed by atoms with Crippen LogP contribution in [0, 0.1) is 12.7 Å². The van der Waals surface area contributed by atoms with Gasteiger partial charge in [0.15, 0.2) is 5.78 Å². The normalized spacial score (nSPS) is 14.7. The van der Waals surface area contributed by atoms with Gasteiger partial charge < -0.3 is 9.30 Å². The van der Waals surface area contributed by atoms with Crippen molar-refractivity contribution >= 4 is 27.6 Å². The zero-order valence-electron chi connectivity index (χ0n) is 19.6. The van der Waals surface area contributed by atoms with Gasteiger partial charge in [0, 0.05) is 46.8 Å². The molecule has 2 aromatic heterocycles. The Kier molecular flexibility index (Phi) is 5.46. The van der Waals surface area contributed by atoms with E-state index in [0.717, 1.165) is 59.1 Å². The van der Waals surface area contributed by atoms with Gasteiger partial charge in [0.2, 0.25) is 0 Å². The average molecular weight is 468 g/mol. The summed E-state index contributed by atoms with van der Waals surface area (Å²) in [5.41, 5.74) is 5.74. The number of aromatic nitrogens is 3. The second-order valence-electron chi connectivity index (χ2n) is 9.28. The zero-order valence-corrected chi connectivity index (χ0v) is 19.6. The summed E-state index contributed by atoms with van der Waals surface area (Å²) < 4.78 is 23.6. The lowest BCUT2D eigenvalue weighted by Gasteiger charge is -2.24. The van der Waals surface area contributed by atoms with Crippen LogP contribution < -0.4 is 0 Å². The van der Waals surface area contributed by atoms with Crippen LogP contribution in [0.4, 0.5) is 4.39 Å². The molecule has 3 aromatic carbocycles. The van der Waals surface area contributed by atoms with E-state index in [2.05, 4.69) is 27.9 Å². The maximum Gasteiger partial charge on any atom is 0.184 e. The largest absolute Gasteiger partial charge is 0.381 e. The van der Waals surface area contributed by atoms with Crippen LogP contribution in [0.25, 0.3) is 27.5 Å². The molecular formula is C29H26FN3O2. The quantitative estimate of drug-likeness (QED) is 0.289. The lowest BCUT2D eigenvalue weighted by atomic mass is 9.96. The highest BCUT2D eigenvalue weighted by Gasteiger charge is 2.23. The van der Waals surface area contributed by atoms with Crippen molar-refractivity contribution in [2.45, 2.75) is 32.2 Å². The summed E-state index contributed by atoms with van der Waals surface area (Å²) in [7, 11) is 0. The molecule has 0 N–H and O–H groups in total. The molecule has 1 aliphatic rings. The average Bonchev–Trinajstić information content (AvgIpc) is 3.44. The van der Waals surface area contributed by atoms with Crippen LogP contribution in [-0.4, -0.2) is 33.3 Å². The topological polar surface area (TPSA) is 49.0 Å². The maximum atomic E-state index is 13.9. The Balaban J connectivity index is 1.49. The number of fused-ring (bicyclic) bond motifs is 2. The van der Waals surface area contributed by atoms with E-state index in [-0.39, 0.29) is 18.1 Å². The highest BCUT2D eigenvalue weighted by Crippen LogP contribution is 2.37. The molecule has 1 saturated heterocycles. The molecule has 0 bridgehead atoms. The van der Waals surface area contributed by atoms with Crippen molar-refractivity contribution in [1.82, 2.24) is 14.3 Å². The van der Waals surface area contributed by atoms with E-state index >= 15 is 0 Å². The van der Waals surface area contributed by atoms with Crippen molar-refractivity contribution in [3.63, 3.8) is 0 Å². The first-order chi connectivity index (χ1) is 17.1. The number of halogens is 1. The Bertz CT molecular complexity index is 1550. The number of aryl methyl sites for hydroxylation is 1. The second-order valence-corrected chi connectivity index (χ2v) is 9.28. The minimum atomic E-state index is -0.234. The van der Waals surface area contributed by atoms with Gasteiger partial charge in [0.05, 0.1) is 17.2 Å². The van der Waals surface area contributed by atoms with Crippen LogP contribution in [-0.2, 0) is 11.3 Å². The zero-order chi connectivity index (χ0) is 23.9. The highest BCUT2D eigenvalue weighted by molar-refractivity contribution is 5.99. The van der Waals surface area contributed by atoms with Gasteiger partial charge in [-0.15, -0.1) is 0 Å². The standard InChI is InChI=1S/C29H26FN3O2/c1-19-13-24(30)7-8-25(19)33-27(20-9-11-35-12-10-20)15-22-14-26-23(16-28(22)33)17-31-32(26)18-29(34)21-5-3-2-4-6-21/h2-8,13-17,20H,9-12,18H2,1H3. The monoisotopic (exact) mass is 467 g/mol. The number of ketones is 1. The van der Waals surface area contributed by atoms with E-state index in [9.17, 15) is 9.18 Å². The fraction of sp³-hybridized carbons (Fsp3) is 0.241. The number of hydrogen-bond donors (Lipinski definition) is 0. The molecule has 0 radical (unpaired) electrons. The van der Waals surface area contributed by atoms with Crippen molar-refractivity contribution in [3.8, 4) is 5.69 Å². The van der Waals surface area contributed by atoms with E-state index in [1.165, 1.54) is 11.8 Å². The van der Waals surface area contributed by atoms with E-state index in [1.54, 1.807) is 10.7 Å². The fourth-order valence-corrected chi connectivity index (χ4v) is 5.21. The fourth-order valence-electron chi connectivity index (χ4n) is 5.21. The molecule has 6 rings (SSSR count). The highest BCUT2D eigenvalue weighted by atomic mass is 19.1. The summed E-state index contributed by atoms with van der Waals surface area (Å²) in [6.45, 7) is 3.62. The molecule has 35 heavy (non-hydrogen) atoms. The molecule has 0 unspecified atom stereocenters. The molecule has 3 heterocycles. The molecule has 0 aliphatic carbocycles. The van der Waals surface area contributed by atoms with Crippen molar-refractivity contribution < 1.29 is 13.9 Å². The van der Waals surface area contributed by atoms with Gasteiger partial charge in [-0.1, -0.05) is 30.3 Å². The van der Waals surface area contributed by atoms with Crippen LogP contribution in [0.5, 0.6) is 0 Å². The molecule has 176 valence electrons. The molecule has 6 heteroatoms. The number of carbonyl (C=O) groups excluding carboxylic acids is 1. The summed E-state index contributed by atoms with van der Waals surface area (Å²) in [6, 6.07) is 20.8. The first kappa shape index (κ1) is 21.7. The molecular weight excluding hydrogens is 441 g/mol. The first-order valence-corrected chi connectivity index (χ1v) is 12.0. The van der Waals surface area contributed by atoms with Crippen LogP contribution in [0.2, 0.25) is 0 Å². The molecule has 0 spiro atoms. The van der Waals surface area contributed by atoms with Crippen molar-refractivity contribution in [2.24, 2.45) is 0 Å². The van der Waals surface area contributed by atoms with Gasteiger partial charge in [0.25, 0.3) is 0 Å². The molecule has 1 aliphatic heterocycles. The minimum Gasteiger partial charge on any atom is -0.381 e. The van der Waals surface area contributed by atoms with Crippen molar-refractivity contribution in [3.05, 3.63) is 95.6 Å². The number of nitrogens with zero attached hydrogens (tertiary/aromatic N) is 3. The van der Waals surface area contributed by atoms with Gasteiger partial charge in [-0.05, 0) is 61.7 Å². The molecule has 5 nitrogen and oxygen atoms in total. The molecule has 0 saturated carbocycles. The SMILES string of the molecule is Cc1cc(F)ccc1-n1c(C2CCOCC2)cc2cc3c(cnn3CC(=O)c3ccccc3)cc21. The molecule has 0 amide bonds. The van der Waals surface area contributed by atoms with Crippen LogP contribution >= 0.6 is 0 Å². The Morgan fingerprint density at radius 3 is 2.54 bits per heavy atom. The maximum absolute atomic E-state index is 13.9. The van der Waals surface area contributed by atoms with Crippen LogP contribution in [0.3, 0.4) is 0 Å². The van der Waals surface area contributed by atoms with Crippen LogP contribution in [0.1, 0.15) is 40.4 Å². The molecule has 1 fully saturated rings. The van der Waals surface area contributed by atoms with Gasteiger partial charge in [-0.2, -0.15) is 5.10 Å². The molecule has 0 atom stereocenters.